The lowest BCUT2D eigenvalue weighted by atomic mass is 10.1. The lowest BCUT2D eigenvalue weighted by Crippen LogP contribution is -2.28. The summed E-state index contributed by atoms with van der Waals surface area (Å²) >= 11 is 1.31. The van der Waals surface area contributed by atoms with Crippen molar-refractivity contribution in [3.63, 3.8) is 0 Å². The van der Waals surface area contributed by atoms with E-state index in [-0.39, 0.29) is 24.9 Å². The summed E-state index contributed by atoms with van der Waals surface area (Å²) in [4.78, 5) is 20.3. The number of nitrogens with zero attached hydrogens (tertiary/aromatic N) is 2. The molecule has 0 N–H and O–H groups in total. The minimum Gasteiger partial charge on any atom is -0.490 e. The third-order valence-corrected chi connectivity index (χ3v) is 6.62. The van der Waals surface area contributed by atoms with E-state index >= 15 is 0 Å². The van der Waals surface area contributed by atoms with Crippen LogP contribution in [0.2, 0.25) is 0 Å². The number of carbonyl (C=O) groups excluding carboxylic acids is 1. The normalized spacial score (nSPS) is 15.4. The first kappa shape index (κ1) is 25.4. The summed E-state index contributed by atoms with van der Waals surface area (Å²) in [5.74, 6) is 1.27. The third-order valence-electron chi connectivity index (χ3n) is 5.61. The first-order valence-corrected chi connectivity index (χ1v) is 12.9. The van der Waals surface area contributed by atoms with Gasteiger partial charge in [-0.05, 0) is 84.4 Å². The van der Waals surface area contributed by atoms with Crippen LogP contribution in [0, 0.1) is 5.82 Å². The highest BCUT2D eigenvalue weighted by Gasteiger charge is 2.34. The predicted octanol–water partition coefficient (Wildman–Crippen LogP) is 7.20. The number of aliphatic imine (C=N–C) groups is 1. The molecule has 5 rings (SSSR count). The van der Waals surface area contributed by atoms with Crippen molar-refractivity contribution in [2.24, 2.45) is 4.99 Å². The fourth-order valence-corrected chi connectivity index (χ4v) is 4.84. The molecular formula is C30H25FN2O4S. The number of ether oxygens (including phenoxy) is 2. The molecule has 1 amide bonds. The molecule has 0 spiro atoms. The summed E-state index contributed by atoms with van der Waals surface area (Å²) in [5, 5.41) is 0.573. The molecule has 6 nitrogen and oxygen atoms in total. The second-order valence-corrected chi connectivity index (χ2v) is 9.38. The number of thioether (sulfide) groups is 1. The molecule has 4 aromatic rings. The first-order valence-electron chi connectivity index (χ1n) is 12.1. The number of halogens is 1. The van der Waals surface area contributed by atoms with Crippen LogP contribution in [-0.4, -0.2) is 22.6 Å². The second kappa shape index (κ2) is 11.8. The van der Waals surface area contributed by atoms with Crippen molar-refractivity contribution in [2.45, 2.75) is 20.1 Å². The maximum atomic E-state index is 13.5. The highest BCUT2D eigenvalue weighted by atomic mass is 32.2. The van der Waals surface area contributed by atoms with Crippen LogP contribution in [0.4, 0.5) is 10.1 Å². The van der Waals surface area contributed by atoms with E-state index in [2.05, 4.69) is 0 Å². The Hall–Kier alpha value is -4.30. The molecule has 38 heavy (non-hydrogen) atoms. The van der Waals surface area contributed by atoms with Crippen molar-refractivity contribution in [1.82, 2.24) is 4.90 Å². The Bertz CT molecular complexity index is 1470. The number of hydrogen-bond acceptors (Lipinski definition) is 6. The van der Waals surface area contributed by atoms with E-state index in [0.717, 1.165) is 11.3 Å². The average Bonchev–Trinajstić information content (AvgIpc) is 3.53. The molecule has 8 heteroatoms. The van der Waals surface area contributed by atoms with Gasteiger partial charge in [0.15, 0.2) is 16.7 Å². The van der Waals surface area contributed by atoms with Gasteiger partial charge >= 0.3 is 0 Å². The van der Waals surface area contributed by atoms with Crippen molar-refractivity contribution in [3.05, 3.63) is 119 Å². The molecule has 0 radical (unpaired) electrons. The molecule has 1 aliphatic heterocycles. The van der Waals surface area contributed by atoms with Crippen LogP contribution in [0.15, 0.2) is 106 Å². The molecule has 192 valence electrons. The maximum Gasteiger partial charge on any atom is 0.267 e. The van der Waals surface area contributed by atoms with Gasteiger partial charge < -0.3 is 13.9 Å². The zero-order valence-electron chi connectivity index (χ0n) is 20.7. The van der Waals surface area contributed by atoms with E-state index in [0.29, 0.717) is 39.5 Å². The van der Waals surface area contributed by atoms with Crippen LogP contribution in [0.25, 0.3) is 6.08 Å². The number of amides is 1. The van der Waals surface area contributed by atoms with Crippen LogP contribution >= 0.6 is 11.8 Å². The van der Waals surface area contributed by atoms with Gasteiger partial charge in [0.05, 0.1) is 30.0 Å². The van der Waals surface area contributed by atoms with Gasteiger partial charge in [0.1, 0.15) is 18.2 Å². The standard InChI is InChI=1S/C30H25FN2O4S/c1-2-35-27-17-21(13-14-26(27)37-20-22-8-6-9-23(31)16-22)18-28-29(34)33(19-25-12-7-15-36-25)30(38-28)32-24-10-4-3-5-11-24/h3-18H,2,19-20H2,1H3/b28-18-,32-30?. The topological polar surface area (TPSA) is 64.3 Å². The zero-order valence-corrected chi connectivity index (χ0v) is 21.5. The van der Waals surface area contributed by atoms with Gasteiger partial charge in [0.25, 0.3) is 5.91 Å². The van der Waals surface area contributed by atoms with E-state index in [1.165, 1.54) is 23.9 Å². The Kier molecular flexibility index (Phi) is 7.89. The molecule has 1 aliphatic rings. The second-order valence-electron chi connectivity index (χ2n) is 8.37. The van der Waals surface area contributed by atoms with Crippen LogP contribution in [0.1, 0.15) is 23.8 Å². The van der Waals surface area contributed by atoms with E-state index < -0.39 is 0 Å². The van der Waals surface area contributed by atoms with E-state index in [9.17, 15) is 9.18 Å². The summed E-state index contributed by atoms with van der Waals surface area (Å²) in [6.45, 7) is 2.80. The third kappa shape index (κ3) is 6.15. The van der Waals surface area contributed by atoms with Gasteiger partial charge in [-0.3, -0.25) is 9.69 Å². The maximum absolute atomic E-state index is 13.5. The van der Waals surface area contributed by atoms with E-state index in [1.807, 2.05) is 61.5 Å². The van der Waals surface area contributed by atoms with Gasteiger partial charge in [-0.2, -0.15) is 0 Å². The number of carbonyl (C=O) groups is 1. The minimum atomic E-state index is -0.312. The van der Waals surface area contributed by atoms with Crippen molar-refractivity contribution in [2.75, 3.05) is 6.61 Å². The molecule has 2 heterocycles. The Morgan fingerprint density at radius 1 is 0.974 bits per heavy atom. The van der Waals surface area contributed by atoms with Crippen LogP contribution < -0.4 is 9.47 Å². The summed E-state index contributed by atoms with van der Waals surface area (Å²) < 4.78 is 30.7. The Morgan fingerprint density at radius 3 is 2.61 bits per heavy atom. The van der Waals surface area contributed by atoms with Gasteiger partial charge in [-0.25, -0.2) is 9.38 Å². The molecule has 1 aromatic heterocycles. The van der Waals surface area contributed by atoms with Crippen LogP contribution in [0.5, 0.6) is 11.5 Å². The first-order chi connectivity index (χ1) is 18.6. The van der Waals surface area contributed by atoms with Crippen molar-refractivity contribution >= 4 is 34.6 Å². The van der Waals surface area contributed by atoms with E-state index in [4.69, 9.17) is 18.9 Å². The summed E-state index contributed by atoms with van der Waals surface area (Å²) in [7, 11) is 0. The SMILES string of the molecule is CCOc1cc(/C=C2\SC(=Nc3ccccc3)N(Cc3ccco3)C2=O)ccc1OCc1cccc(F)c1. The molecule has 0 unspecified atom stereocenters. The lowest BCUT2D eigenvalue weighted by Gasteiger charge is -2.14. The van der Waals surface area contributed by atoms with E-state index in [1.54, 1.807) is 35.4 Å². The molecule has 0 saturated carbocycles. The number of benzene rings is 3. The minimum absolute atomic E-state index is 0.162. The largest absolute Gasteiger partial charge is 0.490 e. The summed E-state index contributed by atoms with van der Waals surface area (Å²) in [5.41, 5.74) is 2.25. The van der Waals surface area contributed by atoms with Crippen molar-refractivity contribution in [3.8, 4) is 11.5 Å². The highest BCUT2D eigenvalue weighted by molar-refractivity contribution is 8.18. The van der Waals surface area contributed by atoms with Gasteiger partial charge in [0, 0.05) is 0 Å². The van der Waals surface area contributed by atoms with Gasteiger partial charge in [0.2, 0.25) is 0 Å². The smallest absolute Gasteiger partial charge is 0.267 e. The van der Waals surface area contributed by atoms with Crippen molar-refractivity contribution < 1.29 is 23.1 Å². The Labute approximate surface area is 224 Å². The lowest BCUT2D eigenvalue weighted by molar-refractivity contribution is -0.122. The summed E-state index contributed by atoms with van der Waals surface area (Å²) in [6.07, 6.45) is 3.40. The molecule has 3 aromatic carbocycles. The number of rotatable bonds is 9. The molecule has 0 bridgehead atoms. The van der Waals surface area contributed by atoms with Crippen LogP contribution in [0.3, 0.4) is 0 Å². The monoisotopic (exact) mass is 528 g/mol. The molecular weight excluding hydrogens is 503 g/mol. The zero-order chi connectivity index (χ0) is 26.3. The highest BCUT2D eigenvalue weighted by Crippen LogP contribution is 2.37. The summed E-state index contributed by atoms with van der Waals surface area (Å²) in [6, 6.07) is 24.9. The predicted molar refractivity (Wildman–Crippen MR) is 147 cm³/mol. The fourth-order valence-electron chi connectivity index (χ4n) is 3.84. The number of furan rings is 1. The Morgan fingerprint density at radius 2 is 1.84 bits per heavy atom. The Balaban J connectivity index is 1.40. The van der Waals surface area contributed by atoms with Gasteiger partial charge in [-0.1, -0.05) is 36.4 Å². The van der Waals surface area contributed by atoms with Crippen molar-refractivity contribution in [1.29, 1.82) is 0 Å². The van der Waals surface area contributed by atoms with Crippen LogP contribution in [-0.2, 0) is 17.9 Å². The molecule has 0 atom stereocenters. The quantitative estimate of drug-likeness (QED) is 0.215. The molecule has 1 saturated heterocycles. The number of amidine groups is 1. The average molecular weight is 529 g/mol. The number of hydrogen-bond donors (Lipinski definition) is 0. The molecule has 1 fully saturated rings. The molecule has 0 aliphatic carbocycles. The fraction of sp³-hybridized carbons (Fsp3) is 0.133. The number of para-hydroxylation sites is 1. The van der Waals surface area contributed by atoms with Gasteiger partial charge in [-0.15, -0.1) is 0 Å².